The van der Waals surface area contributed by atoms with E-state index in [1.165, 1.54) is 0 Å². The fourth-order valence-electron chi connectivity index (χ4n) is 2.15. The number of carboxylic acid groups (broad SMARTS) is 1. The first-order chi connectivity index (χ1) is 9.08. The molecule has 0 radical (unpaired) electrons. The van der Waals surface area contributed by atoms with E-state index in [0.29, 0.717) is 34.8 Å². The van der Waals surface area contributed by atoms with E-state index in [9.17, 15) is 9.90 Å². The molecule has 0 aliphatic heterocycles. The van der Waals surface area contributed by atoms with Crippen molar-refractivity contribution >= 4 is 17.6 Å². The van der Waals surface area contributed by atoms with Gasteiger partial charge in [-0.3, -0.25) is 0 Å². The van der Waals surface area contributed by atoms with Gasteiger partial charge in [0.05, 0.1) is 17.1 Å². The monoisotopic (exact) mass is 278 g/mol. The summed E-state index contributed by atoms with van der Waals surface area (Å²) in [5.41, 5.74) is 2.40. The van der Waals surface area contributed by atoms with Crippen LogP contribution in [0.15, 0.2) is 24.3 Å². The van der Waals surface area contributed by atoms with Crippen LogP contribution in [0.5, 0.6) is 0 Å². The second-order valence-corrected chi connectivity index (χ2v) is 4.61. The van der Waals surface area contributed by atoms with Crippen LogP contribution in [0.3, 0.4) is 0 Å². The summed E-state index contributed by atoms with van der Waals surface area (Å²) in [7, 11) is 0. The van der Waals surface area contributed by atoms with Crippen molar-refractivity contribution in [1.29, 1.82) is 0 Å². The normalized spacial score (nSPS) is 10.7. The fraction of sp³-hybridized carbons (Fsp3) is 0.286. The molecule has 0 aliphatic carbocycles. The van der Waals surface area contributed by atoms with E-state index in [1.807, 2.05) is 26.0 Å². The number of halogens is 1. The van der Waals surface area contributed by atoms with Gasteiger partial charge in [-0.25, -0.2) is 9.48 Å². The zero-order valence-corrected chi connectivity index (χ0v) is 11.6. The average molecular weight is 279 g/mol. The quantitative estimate of drug-likeness (QED) is 0.933. The van der Waals surface area contributed by atoms with Crippen molar-refractivity contribution in [3.8, 4) is 5.69 Å². The van der Waals surface area contributed by atoms with E-state index in [4.69, 9.17) is 11.6 Å². The van der Waals surface area contributed by atoms with Crippen molar-refractivity contribution in [2.24, 2.45) is 0 Å². The minimum absolute atomic E-state index is 0.310. The molecular formula is C14H15ClN2O2. The van der Waals surface area contributed by atoms with Crippen LogP contribution in [0.2, 0.25) is 5.02 Å². The van der Waals surface area contributed by atoms with Crippen LogP contribution in [-0.2, 0) is 12.8 Å². The molecule has 100 valence electrons. The molecule has 0 saturated heterocycles. The fourth-order valence-corrected chi connectivity index (χ4v) is 2.33. The number of hydrogen-bond acceptors (Lipinski definition) is 2. The summed E-state index contributed by atoms with van der Waals surface area (Å²) in [5, 5.41) is 14.4. The Balaban J connectivity index is 2.67. The molecule has 1 heterocycles. The third-order valence-electron chi connectivity index (χ3n) is 2.99. The lowest BCUT2D eigenvalue weighted by Gasteiger charge is -2.06. The molecular weight excluding hydrogens is 264 g/mol. The first-order valence-corrected chi connectivity index (χ1v) is 6.56. The predicted octanol–water partition coefficient (Wildman–Crippen LogP) is 3.35. The highest BCUT2D eigenvalue weighted by Gasteiger charge is 2.21. The lowest BCUT2D eigenvalue weighted by atomic mass is 10.1. The lowest BCUT2D eigenvalue weighted by molar-refractivity contribution is 0.0694. The Bertz CT molecular complexity index is 620. The van der Waals surface area contributed by atoms with Gasteiger partial charge in [-0.15, -0.1) is 0 Å². The number of aromatic nitrogens is 2. The maximum absolute atomic E-state index is 11.4. The van der Waals surface area contributed by atoms with Gasteiger partial charge in [-0.05, 0) is 31.0 Å². The summed E-state index contributed by atoms with van der Waals surface area (Å²) in [6.07, 6.45) is 1.18. The van der Waals surface area contributed by atoms with E-state index in [1.54, 1.807) is 16.8 Å². The highest BCUT2D eigenvalue weighted by atomic mass is 35.5. The van der Waals surface area contributed by atoms with Gasteiger partial charge in [-0.1, -0.05) is 31.5 Å². The minimum atomic E-state index is -0.929. The SMILES string of the molecule is CCc1nn(-c2cccc(Cl)c2)c(CC)c1C(=O)O. The van der Waals surface area contributed by atoms with Crippen molar-refractivity contribution in [1.82, 2.24) is 9.78 Å². The van der Waals surface area contributed by atoms with Gasteiger partial charge in [0.1, 0.15) is 5.56 Å². The summed E-state index contributed by atoms with van der Waals surface area (Å²) >= 11 is 5.98. The Hall–Kier alpha value is -1.81. The lowest BCUT2D eigenvalue weighted by Crippen LogP contribution is -2.06. The third kappa shape index (κ3) is 2.49. The molecule has 0 saturated carbocycles. The van der Waals surface area contributed by atoms with Crippen LogP contribution in [-0.4, -0.2) is 20.9 Å². The zero-order valence-electron chi connectivity index (χ0n) is 10.9. The Labute approximate surface area is 116 Å². The van der Waals surface area contributed by atoms with Gasteiger partial charge >= 0.3 is 5.97 Å². The molecule has 19 heavy (non-hydrogen) atoms. The van der Waals surface area contributed by atoms with E-state index >= 15 is 0 Å². The van der Waals surface area contributed by atoms with Gasteiger partial charge in [-0.2, -0.15) is 5.10 Å². The summed E-state index contributed by atoms with van der Waals surface area (Å²) in [5.74, 6) is -0.929. The van der Waals surface area contributed by atoms with E-state index in [0.717, 1.165) is 5.69 Å². The highest BCUT2D eigenvalue weighted by molar-refractivity contribution is 6.30. The number of aryl methyl sites for hydroxylation is 1. The smallest absolute Gasteiger partial charge is 0.339 e. The molecule has 2 rings (SSSR count). The second kappa shape index (κ2) is 5.45. The molecule has 1 aromatic carbocycles. The molecule has 2 aromatic rings. The van der Waals surface area contributed by atoms with Crippen molar-refractivity contribution in [2.75, 3.05) is 0 Å². The number of nitrogens with zero attached hydrogens (tertiary/aromatic N) is 2. The van der Waals surface area contributed by atoms with Gasteiger partial charge in [0.15, 0.2) is 0 Å². The summed E-state index contributed by atoms with van der Waals surface area (Å²) in [6.45, 7) is 3.82. The van der Waals surface area contributed by atoms with Crippen LogP contribution in [0.4, 0.5) is 0 Å². The van der Waals surface area contributed by atoms with Gasteiger partial charge in [0, 0.05) is 5.02 Å². The first-order valence-electron chi connectivity index (χ1n) is 6.18. The zero-order chi connectivity index (χ0) is 14.0. The predicted molar refractivity (Wildman–Crippen MR) is 74.3 cm³/mol. The molecule has 0 aliphatic rings. The standard InChI is InChI=1S/C14H15ClN2O2/c1-3-11-13(14(18)19)12(4-2)17(16-11)10-7-5-6-9(15)8-10/h5-8H,3-4H2,1-2H3,(H,18,19). The van der Waals surface area contributed by atoms with Crippen molar-refractivity contribution in [3.63, 3.8) is 0 Å². The first kappa shape index (κ1) is 13.6. The maximum atomic E-state index is 11.4. The van der Waals surface area contributed by atoms with Gasteiger partial charge in [0.25, 0.3) is 0 Å². The number of carboxylic acids is 1. The van der Waals surface area contributed by atoms with Crippen LogP contribution in [0.1, 0.15) is 35.6 Å². The molecule has 5 heteroatoms. The van der Waals surface area contributed by atoms with Crippen molar-refractivity contribution < 1.29 is 9.90 Å². The topological polar surface area (TPSA) is 55.1 Å². The van der Waals surface area contributed by atoms with Crippen LogP contribution in [0.25, 0.3) is 5.69 Å². The van der Waals surface area contributed by atoms with Gasteiger partial charge in [0.2, 0.25) is 0 Å². The summed E-state index contributed by atoms with van der Waals surface area (Å²) in [4.78, 5) is 11.4. The minimum Gasteiger partial charge on any atom is -0.478 e. The molecule has 0 bridgehead atoms. The largest absolute Gasteiger partial charge is 0.478 e. The van der Waals surface area contributed by atoms with Crippen molar-refractivity contribution in [3.05, 3.63) is 46.2 Å². The van der Waals surface area contributed by atoms with Crippen LogP contribution in [0, 0.1) is 0 Å². The molecule has 0 spiro atoms. The number of hydrogen-bond donors (Lipinski definition) is 1. The van der Waals surface area contributed by atoms with Crippen LogP contribution >= 0.6 is 11.6 Å². The maximum Gasteiger partial charge on any atom is 0.339 e. The molecule has 0 unspecified atom stereocenters. The molecule has 0 amide bonds. The number of carbonyl (C=O) groups is 1. The second-order valence-electron chi connectivity index (χ2n) is 4.17. The molecule has 4 nitrogen and oxygen atoms in total. The Morgan fingerprint density at radius 1 is 1.37 bits per heavy atom. The Morgan fingerprint density at radius 2 is 2.11 bits per heavy atom. The van der Waals surface area contributed by atoms with Gasteiger partial charge < -0.3 is 5.11 Å². The molecule has 0 atom stereocenters. The Kier molecular flexibility index (Phi) is 3.90. The number of benzene rings is 1. The molecule has 1 N–H and O–H groups in total. The summed E-state index contributed by atoms with van der Waals surface area (Å²) in [6, 6.07) is 7.24. The van der Waals surface area contributed by atoms with Crippen molar-refractivity contribution in [2.45, 2.75) is 26.7 Å². The van der Waals surface area contributed by atoms with E-state index < -0.39 is 5.97 Å². The molecule has 0 fully saturated rings. The van der Waals surface area contributed by atoms with Crippen LogP contribution < -0.4 is 0 Å². The summed E-state index contributed by atoms with van der Waals surface area (Å²) < 4.78 is 1.67. The number of aromatic carboxylic acids is 1. The number of rotatable bonds is 4. The van der Waals surface area contributed by atoms with E-state index in [2.05, 4.69) is 5.10 Å². The molecule has 1 aromatic heterocycles. The third-order valence-corrected chi connectivity index (χ3v) is 3.23. The van der Waals surface area contributed by atoms with E-state index in [-0.39, 0.29) is 0 Å². The Morgan fingerprint density at radius 3 is 2.63 bits per heavy atom. The average Bonchev–Trinajstić information content (AvgIpc) is 2.77. The highest BCUT2D eigenvalue weighted by Crippen LogP contribution is 2.22.